The van der Waals surface area contributed by atoms with Crippen LogP contribution in [-0.2, 0) is 5.41 Å². The van der Waals surface area contributed by atoms with Crippen molar-refractivity contribution in [3.8, 4) is 0 Å². The Kier molecular flexibility index (Phi) is 3.73. The molecule has 1 atom stereocenters. The Morgan fingerprint density at radius 2 is 2.14 bits per heavy atom. The molecule has 0 aromatic heterocycles. The molecule has 0 saturated heterocycles. The lowest BCUT2D eigenvalue weighted by Crippen LogP contribution is -2.31. The third-order valence-corrected chi connectivity index (χ3v) is 2.90. The number of hydrogen-bond donors (Lipinski definition) is 1. The van der Waals surface area contributed by atoms with Gasteiger partial charge in [-0.15, -0.1) is 6.58 Å². The number of rotatable bonds is 4. The van der Waals surface area contributed by atoms with Crippen LogP contribution in [0.15, 0.2) is 36.9 Å². The molecule has 14 heavy (non-hydrogen) atoms. The first-order chi connectivity index (χ1) is 6.64. The van der Waals surface area contributed by atoms with Crippen molar-refractivity contribution in [1.29, 1.82) is 0 Å². The Morgan fingerprint density at radius 1 is 1.50 bits per heavy atom. The van der Waals surface area contributed by atoms with Crippen LogP contribution >= 0.6 is 11.6 Å². The highest BCUT2D eigenvalue weighted by Gasteiger charge is 2.25. The summed E-state index contributed by atoms with van der Waals surface area (Å²) >= 11 is 6.13. The first kappa shape index (κ1) is 11.3. The number of benzene rings is 1. The van der Waals surface area contributed by atoms with E-state index in [2.05, 4.69) is 13.5 Å². The second-order valence-corrected chi connectivity index (χ2v) is 4.14. The maximum Gasteiger partial charge on any atom is 0.0444 e. The van der Waals surface area contributed by atoms with E-state index in [4.69, 9.17) is 17.3 Å². The molecule has 0 spiro atoms. The molecule has 0 amide bonds. The van der Waals surface area contributed by atoms with Gasteiger partial charge in [0.25, 0.3) is 0 Å². The van der Waals surface area contributed by atoms with Crippen molar-refractivity contribution in [2.45, 2.75) is 18.8 Å². The maximum absolute atomic E-state index is 6.13. The monoisotopic (exact) mass is 209 g/mol. The van der Waals surface area contributed by atoms with E-state index in [0.29, 0.717) is 6.54 Å². The minimum atomic E-state index is -0.0971. The predicted molar refractivity (Wildman–Crippen MR) is 62.7 cm³/mol. The lowest BCUT2D eigenvalue weighted by Gasteiger charge is -2.28. The zero-order valence-electron chi connectivity index (χ0n) is 8.46. The Hall–Kier alpha value is -0.790. The van der Waals surface area contributed by atoms with Gasteiger partial charge in [0.15, 0.2) is 0 Å². The molecule has 0 bridgehead atoms. The quantitative estimate of drug-likeness (QED) is 0.758. The number of hydrogen-bond acceptors (Lipinski definition) is 1. The third kappa shape index (κ3) is 2.17. The van der Waals surface area contributed by atoms with Crippen molar-refractivity contribution in [2.24, 2.45) is 5.73 Å². The molecule has 0 saturated carbocycles. The fourth-order valence-corrected chi connectivity index (χ4v) is 1.94. The zero-order chi connectivity index (χ0) is 10.6. The Balaban J connectivity index is 3.11. The van der Waals surface area contributed by atoms with E-state index < -0.39 is 0 Å². The molecule has 0 radical (unpaired) electrons. The van der Waals surface area contributed by atoms with Gasteiger partial charge in [0.05, 0.1) is 0 Å². The zero-order valence-corrected chi connectivity index (χ0v) is 9.22. The molecule has 0 aliphatic carbocycles. The van der Waals surface area contributed by atoms with Crippen LogP contribution in [0.5, 0.6) is 0 Å². The van der Waals surface area contributed by atoms with Gasteiger partial charge >= 0.3 is 0 Å². The Bertz CT molecular complexity index is 322. The molecule has 0 aliphatic rings. The van der Waals surface area contributed by atoms with Gasteiger partial charge in [-0.3, -0.25) is 0 Å². The number of halogens is 1. The summed E-state index contributed by atoms with van der Waals surface area (Å²) in [6, 6.07) is 7.83. The van der Waals surface area contributed by atoms with Crippen molar-refractivity contribution in [3.05, 3.63) is 47.5 Å². The van der Waals surface area contributed by atoms with E-state index in [-0.39, 0.29) is 5.41 Å². The fourth-order valence-electron chi connectivity index (χ4n) is 1.57. The Labute approximate surface area is 90.6 Å². The van der Waals surface area contributed by atoms with Gasteiger partial charge in [-0.25, -0.2) is 0 Å². The van der Waals surface area contributed by atoms with Gasteiger partial charge in [-0.1, -0.05) is 42.8 Å². The first-order valence-electron chi connectivity index (χ1n) is 4.70. The van der Waals surface area contributed by atoms with Crippen molar-refractivity contribution >= 4 is 11.6 Å². The van der Waals surface area contributed by atoms with E-state index in [1.165, 1.54) is 0 Å². The largest absolute Gasteiger partial charge is 0.330 e. The normalized spacial score (nSPS) is 14.8. The van der Waals surface area contributed by atoms with Crippen LogP contribution in [0, 0.1) is 0 Å². The highest BCUT2D eigenvalue weighted by molar-refractivity contribution is 6.31. The summed E-state index contributed by atoms with van der Waals surface area (Å²) in [4.78, 5) is 0. The lowest BCUT2D eigenvalue weighted by atomic mass is 9.79. The minimum Gasteiger partial charge on any atom is -0.330 e. The topological polar surface area (TPSA) is 26.0 Å². The highest BCUT2D eigenvalue weighted by atomic mass is 35.5. The van der Waals surface area contributed by atoms with E-state index in [1.54, 1.807) is 0 Å². The molecule has 2 heteroatoms. The van der Waals surface area contributed by atoms with Crippen molar-refractivity contribution in [1.82, 2.24) is 0 Å². The van der Waals surface area contributed by atoms with Crippen LogP contribution in [0.4, 0.5) is 0 Å². The van der Waals surface area contributed by atoms with Gasteiger partial charge in [0.1, 0.15) is 0 Å². The minimum absolute atomic E-state index is 0.0971. The third-order valence-electron chi connectivity index (χ3n) is 2.57. The summed E-state index contributed by atoms with van der Waals surface area (Å²) in [7, 11) is 0. The molecule has 76 valence electrons. The van der Waals surface area contributed by atoms with Gasteiger partial charge in [0.2, 0.25) is 0 Å². The van der Waals surface area contributed by atoms with E-state index in [9.17, 15) is 0 Å². The molecule has 0 heterocycles. The van der Waals surface area contributed by atoms with Crippen molar-refractivity contribution in [2.75, 3.05) is 6.54 Å². The highest BCUT2D eigenvalue weighted by Crippen LogP contribution is 2.32. The van der Waals surface area contributed by atoms with E-state index in [0.717, 1.165) is 17.0 Å². The molecule has 2 N–H and O–H groups in total. The molecule has 1 nitrogen and oxygen atoms in total. The van der Waals surface area contributed by atoms with Gasteiger partial charge in [-0.2, -0.15) is 0 Å². The predicted octanol–water partition coefficient (Wildman–Crippen LogP) is 3.13. The first-order valence-corrected chi connectivity index (χ1v) is 5.08. The summed E-state index contributed by atoms with van der Waals surface area (Å²) in [5.41, 5.74) is 6.79. The molecule has 0 fully saturated rings. The molecular weight excluding hydrogens is 194 g/mol. The second-order valence-electron chi connectivity index (χ2n) is 3.74. The van der Waals surface area contributed by atoms with Crippen LogP contribution in [-0.4, -0.2) is 6.54 Å². The average molecular weight is 210 g/mol. The second kappa shape index (κ2) is 4.63. The summed E-state index contributed by atoms with van der Waals surface area (Å²) in [6.07, 6.45) is 2.73. The van der Waals surface area contributed by atoms with Gasteiger partial charge < -0.3 is 5.73 Å². The van der Waals surface area contributed by atoms with Crippen molar-refractivity contribution in [3.63, 3.8) is 0 Å². The smallest absolute Gasteiger partial charge is 0.0444 e. The summed E-state index contributed by atoms with van der Waals surface area (Å²) in [5.74, 6) is 0. The summed E-state index contributed by atoms with van der Waals surface area (Å²) < 4.78 is 0. The standard InChI is InChI=1S/C12H16ClN/c1-3-8-12(2,9-14)10-6-4-5-7-11(10)13/h3-7H,1,8-9,14H2,2H3. The molecule has 1 unspecified atom stereocenters. The van der Waals surface area contributed by atoms with Crippen LogP contribution in [0.3, 0.4) is 0 Å². The van der Waals surface area contributed by atoms with Crippen LogP contribution in [0.2, 0.25) is 5.02 Å². The molecular formula is C12H16ClN. The fraction of sp³-hybridized carbons (Fsp3) is 0.333. The Morgan fingerprint density at radius 3 is 2.64 bits per heavy atom. The number of allylic oxidation sites excluding steroid dienone is 1. The van der Waals surface area contributed by atoms with E-state index in [1.807, 2.05) is 30.3 Å². The van der Waals surface area contributed by atoms with Crippen molar-refractivity contribution < 1.29 is 0 Å². The van der Waals surface area contributed by atoms with Crippen LogP contribution in [0.25, 0.3) is 0 Å². The summed E-state index contributed by atoms with van der Waals surface area (Å²) in [6.45, 7) is 6.43. The molecule has 0 aliphatic heterocycles. The summed E-state index contributed by atoms with van der Waals surface area (Å²) in [5, 5.41) is 0.780. The van der Waals surface area contributed by atoms with Gasteiger partial charge in [0, 0.05) is 17.0 Å². The SMILES string of the molecule is C=CCC(C)(CN)c1ccccc1Cl. The average Bonchev–Trinajstić information content (AvgIpc) is 2.18. The number of nitrogens with two attached hydrogens (primary N) is 1. The van der Waals surface area contributed by atoms with Crippen LogP contribution in [0.1, 0.15) is 18.9 Å². The molecule has 1 aromatic carbocycles. The van der Waals surface area contributed by atoms with Crippen LogP contribution < -0.4 is 5.73 Å². The van der Waals surface area contributed by atoms with E-state index >= 15 is 0 Å². The molecule has 1 aromatic rings. The van der Waals surface area contributed by atoms with Gasteiger partial charge in [-0.05, 0) is 18.1 Å². The maximum atomic E-state index is 6.13. The molecule has 1 rings (SSSR count). The lowest BCUT2D eigenvalue weighted by molar-refractivity contribution is 0.491.